The third kappa shape index (κ3) is 3.85. The molecule has 0 fully saturated rings. The molecule has 0 saturated carbocycles. The molecule has 0 unspecified atom stereocenters. The van der Waals surface area contributed by atoms with E-state index in [2.05, 4.69) is 37.7 Å². The fourth-order valence-electron chi connectivity index (χ4n) is 2.69. The first-order valence-electron chi connectivity index (χ1n) is 8.18. The summed E-state index contributed by atoms with van der Waals surface area (Å²) in [5, 5.41) is 1.09. The van der Waals surface area contributed by atoms with Gasteiger partial charge in [-0.15, -0.1) is 0 Å². The highest BCUT2D eigenvalue weighted by molar-refractivity contribution is 9.09. The number of aldehydes is 1. The van der Waals surface area contributed by atoms with Crippen molar-refractivity contribution in [3.8, 4) is 23.3 Å². The molecule has 2 heterocycles. The summed E-state index contributed by atoms with van der Waals surface area (Å²) in [5.41, 5.74) is 8.72. The van der Waals surface area contributed by atoms with Crippen molar-refractivity contribution in [3.63, 3.8) is 0 Å². The first-order valence-corrected chi connectivity index (χ1v) is 9.30. The van der Waals surface area contributed by atoms with Crippen LogP contribution in [0.4, 0.5) is 5.82 Å². The Hall–Kier alpha value is -3.31. The van der Waals surface area contributed by atoms with Crippen molar-refractivity contribution in [1.82, 2.24) is 14.5 Å². The highest BCUT2D eigenvalue weighted by atomic mass is 79.9. The first-order chi connectivity index (χ1) is 13.6. The van der Waals surface area contributed by atoms with Gasteiger partial charge in [-0.1, -0.05) is 27.8 Å². The summed E-state index contributed by atoms with van der Waals surface area (Å²) in [4.78, 5) is 19.3. The molecule has 8 heteroatoms. The monoisotopic (exact) mass is 440 g/mol. The second-order valence-corrected chi connectivity index (χ2v) is 6.21. The van der Waals surface area contributed by atoms with Crippen molar-refractivity contribution in [3.05, 3.63) is 47.9 Å². The Balaban J connectivity index is 2.17. The highest BCUT2D eigenvalue weighted by Gasteiger charge is 2.14. The number of allylic oxidation sites excluding steroid dienone is 2. The molecule has 0 spiro atoms. The Morgan fingerprint density at radius 1 is 1.21 bits per heavy atom. The molecular formula is C20H17BrN4O3. The van der Waals surface area contributed by atoms with Gasteiger partial charge in [-0.05, 0) is 18.2 Å². The van der Waals surface area contributed by atoms with Gasteiger partial charge in [0.2, 0.25) is 0 Å². The van der Waals surface area contributed by atoms with Crippen LogP contribution in [-0.4, -0.2) is 40.4 Å². The summed E-state index contributed by atoms with van der Waals surface area (Å²) in [6.45, 7) is 0. The van der Waals surface area contributed by atoms with Crippen molar-refractivity contribution in [2.45, 2.75) is 0 Å². The van der Waals surface area contributed by atoms with Gasteiger partial charge < -0.3 is 19.8 Å². The summed E-state index contributed by atoms with van der Waals surface area (Å²) in [5.74, 6) is 7.81. The number of benzene rings is 1. The number of aromatic nitrogens is 3. The van der Waals surface area contributed by atoms with Crippen molar-refractivity contribution < 1.29 is 14.3 Å². The second kappa shape index (κ2) is 8.59. The van der Waals surface area contributed by atoms with Gasteiger partial charge in [0, 0.05) is 28.9 Å². The van der Waals surface area contributed by atoms with Gasteiger partial charge in [0.05, 0.1) is 25.2 Å². The third-order valence-corrected chi connectivity index (χ3v) is 4.59. The number of carbonyl (C=O) groups excluding carboxylic acids is 1. The molecule has 0 aliphatic rings. The average molecular weight is 441 g/mol. The second-order valence-electron chi connectivity index (χ2n) is 5.65. The molecule has 2 aromatic heterocycles. The van der Waals surface area contributed by atoms with Crippen LogP contribution < -0.4 is 15.2 Å². The minimum absolute atomic E-state index is 0.316. The predicted molar refractivity (Wildman–Crippen MR) is 112 cm³/mol. The lowest BCUT2D eigenvalue weighted by Gasteiger charge is -2.05. The molecule has 0 bridgehead atoms. The van der Waals surface area contributed by atoms with E-state index in [1.54, 1.807) is 31.0 Å². The molecule has 1 aromatic carbocycles. The van der Waals surface area contributed by atoms with E-state index in [9.17, 15) is 4.79 Å². The van der Waals surface area contributed by atoms with E-state index in [-0.39, 0.29) is 0 Å². The van der Waals surface area contributed by atoms with E-state index in [1.165, 1.54) is 12.4 Å². The Labute approximate surface area is 170 Å². The lowest BCUT2D eigenvalue weighted by atomic mass is 10.1. The fraction of sp³-hybridized carbons (Fsp3) is 0.150. The molecule has 2 N–H and O–H groups in total. The van der Waals surface area contributed by atoms with Crippen LogP contribution in [0.3, 0.4) is 0 Å². The molecular weight excluding hydrogens is 424 g/mol. The normalized spacial score (nSPS) is 11.0. The fourth-order valence-corrected chi connectivity index (χ4v) is 3.14. The number of anilines is 1. The topological polar surface area (TPSA) is 92.3 Å². The summed E-state index contributed by atoms with van der Waals surface area (Å²) in [6, 6.07) is 5.39. The van der Waals surface area contributed by atoms with Gasteiger partial charge in [-0.25, -0.2) is 9.97 Å². The van der Waals surface area contributed by atoms with Gasteiger partial charge in [-0.2, -0.15) is 0 Å². The van der Waals surface area contributed by atoms with Crippen LogP contribution in [0.15, 0.2) is 36.8 Å². The number of nitrogen functional groups attached to an aromatic ring is 1. The number of fused-ring (bicyclic) bond motifs is 1. The van der Waals surface area contributed by atoms with E-state index in [0.717, 1.165) is 11.8 Å². The molecule has 0 aliphatic heterocycles. The molecule has 142 valence electrons. The van der Waals surface area contributed by atoms with Crippen LogP contribution in [0.5, 0.6) is 11.5 Å². The van der Waals surface area contributed by atoms with E-state index >= 15 is 0 Å². The SMILES string of the molecule is COc1cc(C#Cc2cn(C(=CC=O)CBr)c3ncnc(N)c23)cc(OC)c1. The van der Waals surface area contributed by atoms with Crippen LogP contribution in [-0.2, 0) is 4.79 Å². The Morgan fingerprint density at radius 3 is 2.54 bits per heavy atom. The largest absolute Gasteiger partial charge is 0.497 e. The smallest absolute Gasteiger partial charge is 0.151 e. The number of carbonyl (C=O) groups is 1. The zero-order valence-corrected chi connectivity index (χ0v) is 16.9. The molecule has 3 rings (SSSR count). The predicted octanol–water partition coefficient (Wildman–Crippen LogP) is 2.87. The van der Waals surface area contributed by atoms with Crippen molar-refractivity contribution in [1.29, 1.82) is 0 Å². The number of hydrogen-bond acceptors (Lipinski definition) is 6. The number of ether oxygens (including phenoxy) is 2. The van der Waals surface area contributed by atoms with E-state index in [1.807, 2.05) is 12.1 Å². The van der Waals surface area contributed by atoms with E-state index in [4.69, 9.17) is 15.2 Å². The summed E-state index contributed by atoms with van der Waals surface area (Å²) in [7, 11) is 3.16. The number of alkyl halides is 1. The van der Waals surface area contributed by atoms with Gasteiger partial charge in [0.25, 0.3) is 0 Å². The number of methoxy groups -OCH3 is 2. The van der Waals surface area contributed by atoms with E-state index in [0.29, 0.717) is 44.9 Å². The quantitative estimate of drug-likeness (QED) is 0.283. The third-order valence-electron chi connectivity index (χ3n) is 4.01. The van der Waals surface area contributed by atoms with Crippen LogP contribution in [0.1, 0.15) is 11.1 Å². The van der Waals surface area contributed by atoms with Crippen LogP contribution in [0.2, 0.25) is 0 Å². The first kappa shape index (κ1) is 19.5. The molecule has 0 saturated heterocycles. The Morgan fingerprint density at radius 2 is 1.93 bits per heavy atom. The van der Waals surface area contributed by atoms with Crippen molar-refractivity contribution in [2.75, 3.05) is 25.3 Å². The Bertz CT molecular complexity index is 1100. The highest BCUT2D eigenvalue weighted by Crippen LogP contribution is 2.27. The zero-order valence-electron chi connectivity index (χ0n) is 15.3. The molecule has 0 amide bonds. The number of nitrogens with zero attached hydrogens (tertiary/aromatic N) is 3. The lowest BCUT2D eigenvalue weighted by Crippen LogP contribution is -2.00. The summed E-state index contributed by atoms with van der Waals surface area (Å²) < 4.78 is 12.3. The van der Waals surface area contributed by atoms with Gasteiger partial charge in [0.1, 0.15) is 29.9 Å². The maximum Gasteiger partial charge on any atom is 0.151 e. The number of halogens is 1. The van der Waals surface area contributed by atoms with Crippen molar-refractivity contribution >= 4 is 44.8 Å². The summed E-state index contributed by atoms with van der Waals surface area (Å²) >= 11 is 3.39. The van der Waals surface area contributed by atoms with Crippen LogP contribution >= 0.6 is 15.9 Å². The molecule has 0 radical (unpaired) electrons. The Kier molecular flexibility index (Phi) is 5.96. The molecule has 28 heavy (non-hydrogen) atoms. The number of rotatable bonds is 5. The number of hydrogen-bond donors (Lipinski definition) is 1. The maximum absolute atomic E-state index is 11.0. The zero-order chi connectivity index (χ0) is 20.1. The molecule has 0 aliphatic carbocycles. The minimum Gasteiger partial charge on any atom is -0.497 e. The molecule has 3 aromatic rings. The van der Waals surface area contributed by atoms with Gasteiger partial charge >= 0.3 is 0 Å². The maximum atomic E-state index is 11.0. The van der Waals surface area contributed by atoms with Crippen LogP contribution in [0, 0.1) is 11.8 Å². The van der Waals surface area contributed by atoms with Gasteiger partial charge in [-0.3, -0.25) is 4.79 Å². The van der Waals surface area contributed by atoms with E-state index < -0.39 is 0 Å². The van der Waals surface area contributed by atoms with Gasteiger partial charge in [0.15, 0.2) is 5.65 Å². The average Bonchev–Trinajstić information content (AvgIpc) is 3.10. The minimum atomic E-state index is 0.316. The van der Waals surface area contributed by atoms with Crippen molar-refractivity contribution in [2.24, 2.45) is 0 Å². The summed E-state index contributed by atoms with van der Waals surface area (Å²) in [6.07, 6.45) is 5.35. The van der Waals surface area contributed by atoms with Crippen LogP contribution in [0.25, 0.3) is 16.7 Å². The molecule has 0 atom stereocenters. The molecule has 7 nitrogen and oxygen atoms in total. The lowest BCUT2D eigenvalue weighted by molar-refractivity contribution is -0.104. The standard InChI is InChI=1S/C20H17BrN4O3/c1-27-16-7-13(8-17(9-16)28-2)3-4-14-11-25(15(10-21)5-6-26)20-18(14)19(22)23-12-24-20/h5-9,11-12H,10H2,1-2H3,(H2,22,23,24). The number of nitrogens with two attached hydrogens (primary N) is 1.